The van der Waals surface area contributed by atoms with Crippen molar-refractivity contribution in [2.45, 2.75) is 104 Å². The molecule has 7 rings (SSSR count). The normalized spacial score (nSPS) is 21.4. The molecule has 2 amide bonds. The summed E-state index contributed by atoms with van der Waals surface area (Å²) < 4.78 is 19.4. The van der Waals surface area contributed by atoms with Gasteiger partial charge >= 0.3 is 5.97 Å². The molecule has 2 aromatic heterocycles. The van der Waals surface area contributed by atoms with Gasteiger partial charge in [-0.15, -0.1) is 0 Å². The zero-order valence-electron chi connectivity index (χ0n) is 39.6. The van der Waals surface area contributed by atoms with Crippen LogP contribution in [0.15, 0.2) is 70.8 Å². The van der Waals surface area contributed by atoms with Crippen molar-refractivity contribution in [3.05, 3.63) is 77.6 Å². The number of pyridine rings is 1. The predicted molar refractivity (Wildman–Crippen MR) is 253 cm³/mol. The number of aromatic nitrogens is 2. The first-order chi connectivity index (χ1) is 31.3. The number of nitrogens with zero attached hydrogens (tertiary/aromatic N) is 6. The lowest BCUT2D eigenvalue weighted by Crippen LogP contribution is -2.62. The van der Waals surface area contributed by atoms with Crippen molar-refractivity contribution in [1.82, 2.24) is 30.2 Å². The minimum Gasteiger partial charge on any atom is -0.464 e. The average molecular weight is 889 g/mol. The Hall–Kier alpha value is -5.24. The Bertz CT molecular complexity index is 2390. The number of aliphatic imine (C=N–C) groups is 2. The van der Waals surface area contributed by atoms with Gasteiger partial charge in [0.2, 0.25) is 5.91 Å². The number of methoxy groups -OCH3 is 2. The maximum absolute atomic E-state index is 14.7. The van der Waals surface area contributed by atoms with E-state index in [9.17, 15) is 14.4 Å². The number of ether oxygens (including phenoxy) is 3. The molecule has 2 N–H and O–H groups in total. The van der Waals surface area contributed by atoms with Crippen LogP contribution in [0.1, 0.15) is 83.7 Å². The van der Waals surface area contributed by atoms with Crippen LogP contribution in [0.5, 0.6) is 0 Å². The smallest absolute Gasteiger partial charge is 0.324 e. The minimum atomic E-state index is -0.899. The Morgan fingerprint density at radius 1 is 1.05 bits per heavy atom. The van der Waals surface area contributed by atoms with Crippen molar-refractivity contribution in [2.75, 3.05) is 60.2 Å². The van der Waals surface area contributed by atoms with Gasteiger partial charge in [0.25, 0.3) is 5.91 Å². The Morgan fingerprint density at radius 3 is 2.63 bits per heavy atom. The van der Waals surface area contributed by atoms with Gasteiger partial charge in [0.05, 0.1) is 55.8 Å². The molecule has 6 bridgehead atoms. The van der Waals surface area contributed by atoms with Gasteiger partial charge in [-0.1, -0.05) is 58.0 Å². The van der Waals surface area contributed by atoms with Gasteiger partial charge in [-0.25, -0.2) is 15.4 Å². The number of likely N-dealkylation sites (tertiary alicyclic amines) is 1. The maximum atomic E-state index is 14.7. The number of hydrazine groups is 1. The highest BCUT2D eigenvalue weighted by Crippen LogP contribution is 2.42. The molecule has 5 heterocycles. The molecular formula is C51H68N8O6. The number of aryl methyl sites for hydroxylation is 1. The number of carbonyl (C=O) groups is 3. The molecule has 14 nitrogen and oxygen atoms in total. The number of cyclic esters (lactones) is 1. The largest absolute Gasteiger partial charge is 0.464 e. The molecule has 3 aliphatic rings. The first kappa shape index (κ1) is 47.7. The molecule has 3 aliphatic heterocycles. The van der Waals surface area contributed by atoms with Gasteiger partial charge in [-0.05, 0) is 104 Å². The molecule has 14 heteroatoms. The van der Waals surface area contributed by atoms with E-state index in [0.29, 0.717) is 52.0 Å². The SMILES string of the molecule is CCn1c(-c2cccnc2[C@H](C)OC)c2c3cc(ccc31)-c1cccc(c1)C[C@H](NC(=O)C(C(C)C)N1CC[C@H](CN=C=NCCOC)C1)C(=O)N1CCC[C@H](N1)C(=O)OCC(C)(C)C2. The average Bonchev–Trinajstić information content (AvgIpc) is 3.89. The van der Waals surface area contributed by atoms with Gasteiger partial charge in [0.15, 0.2) is 0 Å². The molecule has 1 unspecified atom stereocenters. The molecule has 4 aromatic rings. The fourth-order valence-electron chi connectivity index (χ4n) is 9.80. The van der Waals surface area contributed by atoms with E-state index in [1.807, 2.05) is 45.2 Å². The van der Waals surface area contributed by atoms with Crippen LogP contribution in [0.2, 0.25) is 0 Å². The van der Waals surface area contributed by atoms with Gasteiger partial charge in [-0.3, -0.25) is 29.3 Å². The fraction of sp³-hybridized carbons (Fsp3) is 0.549. The van der Waals surface area contributed by atoms with E-state index in [1.54, 1.807) is 14.2 Å². The monoisotopic (exact) mass is 889 g/mol. The molecule has 0 aliphatic carbocycles. The van der Waals surface area contributed by atoms with Crippen molar-refractivity contribution in [2.24, 2.45) is 27.2 Å². The highest BCUT2D eigenvalue weighted by Gasteiger charge is 2.39. The summed E-state index contributed by atoms with van der Waals surface area (Å²) in [6, 6.07) is 19.7. The molecule has 0 saturated carbocycles. The molecule has 2 saturated heterocycles. The third-order valence-corrected chi connectivity index (χ3v) is 13.1. The number of rotatable bonds is 13. The number of fused-ring (bicyclic) bond motifs is 6. The molecular weight excluding hydrogens is 821 g/mol. The van der Waals surface area contributed by atoms with Crippen molar-refractivity contribution in [3.8, 4) is 22.4 Å². The summed E-state index contributed by atoms with van der Waals surface area (Å²) in [6.07, 6.45) is 4.49. The van der Waals surface area contributed by atoms with Gasteiger partial charge < -0.3 is 24.1 Å². The summed E-state index contributed by atoms with van der Waals surface area (Å²) in [5.41, 5.74) is 10.9. The maximum Gasteiger partial charge on any atom is 0.324 e. The van der Waals surface area contributed by atoms with Crippen LogP contribution >= 0.6 is 0 Å². The molecule has 65 heavy (non-hydrogen) atoms. The third-order valence-electron chi connectivity index (χ3n) is 13.1. The molecule has 5 atom stereocenters. The quantitative estimate of drug-likeness (QED) is 0.0829. The van der Waals surface area contributed by atoms with Crippen molar-refractivity contribution in [1.29, 1.82) is 0 Å². The van der Waals surface area contributed by atoms with Crippen molar-refractivity contribution < 1.29 is 28.6 Å². The van der Waals surface area contributed by atoms with E-state index >= 15 is 0 Å². The number of esters is 1. The van der Waals surface area contributed by atoms with E-state index in [0.717, 1.165) is 69.6 Å². The van der Waals surface area contributed by atoms with E-state index in [1.165, 1.54) is 5.01 Å². The van der Waals surface area contributed by atoms with Crippen LogP contribution in [0.4, 0.5) is 0 Å². The molecule has 2 fully saturated rings. The zero-order valence-corrected chi connectivity index (χ0v) is 39.6. The lowest BCUT2D eigenvalue weighted by atomic mass is 9.84. The number of hydrogen-bond acceptors (Lipinski definition) is 11. The van der Waals surface area contributed by atoms with E-state index < -0.39 is 29.5 Å². The number of nitrogens with one attached hydrogen (secondary N) is 2. The van der Waals surface area contributed by atoms with Crippen molar-refractivity contribution >= 4 is 34.7 Å². The van der Waals surface area contributed by atoms with E-state index in [-0.39, 0.29) is 42.8 Å². The minimum absolute atomic E-state index is 0.0157. The Kier molecular flexibility index (Phi) is 15.7. The number of benzene rings is 2. The van der Waals surface area contributed by atoms with Crippen molar-refractivity contribution in [3.63, 3.8) is 0 Å². The van der Waals surface area contributed by atoms with Gasteiger partial charge in [-0.2, -0.15) is 0 Å². The molecule has 348 valence electrons. The highest BCUT2D eigenvalue weighted by atomic mass is 16.5. The fourth-order valence-corrected chi connectivity index (χ4v) is 9.80. The van der Waals surface area contributed by atoms with Crippen LogP contribution < -0.4 is 10.7 Å². The molecule has 0 radical (unpaired) electrons. The summed E-state index contributed by atoms with van der Waals surface area (Å²) in [6.45, 7) is 16.9. The Balaban J connectivity index is 1.26. The second kappa shape index (κ2) is 21.4. The topological polar surface area (TPSA) is 152 Å². The lowest BCUT2D eigenvalue weighted by molar-refractivity contribution is -0.155. The summed E-state index contributed by atoms with van der Waals surface area (Å²) in [7, 11) is 3.34. The Labute approximate surface area is 384 Å². The first-order valence-corrected chi connectivity index (χ1v) is 23.4. The summed E-state index contributed by atoms with van der Waals surface area (Å²) in [5.74, 6) is -0.630. The second-order valence-electron chi connectivity index (χ2n) is 19.0. The number of carbonyl (C=O) groups excluding carboxylic acids is 3. The Morgan fingerprint density at radius 2 is 1.86 bits per heavy atom. The van der Waals surface area contributed by atoms with Crippen LogP contribution in [0.3, 0.4) is 0 Å². The number of hydrogen-bond donors (Lipinski definition) is 2. The summed E-state index contributed by atoms with van der Waals surface area (Å²) >= 11 is 0. The zero-order chi connectivity index (χ0) is 46.3. The summed E-state index contributed by atoms with van der Waals surface area (Å²) in [5, 5.41) is 5.86. The third kappa shape index (κ3) is 11.1. The molecule has 2 aromatic carbocycles. The lowest BCUT2D eigenvalue weighted by Gasteiger charge is -2.36. The van der Waals surface area contributed by atoms with Crippen LogP contribution in [-0.4, -0.2) is 122 Å². The molecule has 0 spiro atoms. The van der Waals surface area contributed by atoms with Crippen LogP contribution in [0, 0.1) is 17.3 Å². The highest BCUT2D eigenvalue weighted by molar-refractivity contribution is 5.95. The predicted octanol–water partition coefficient (Wildman–Crippen LogP) is 6.91. The number of amides is 2. The van der Waals surface area contributed by atoms with E-state index in [4.69, 9.17) is 19.2 Å². The second-order valence-corrected chi connectivity index (χ2v) is 19.0. The van der Waals surface area contributed by atoms with Gasteiger partial charge in [0, 0.05) is 68.4 Å². The first-order valence-electron chi connectivity index (χ1n) is 23.4. The standard InChI is InChI=1S/C51H68N8O6/c1-9-58-44-18-17-38-27-40(44)41(47(58)39-15-11-20-54-45(39)34(4)64-8)28-51(5,6)31-65-50(62)42-16-12-22-59(56-42)49(61)43(26-35-13-10-14-37(38)25-35)55-48(60)46(33(2)3)57-23-19-36(30-57)29-53-32-52-21-24-63-7/h10-11,13-15,17-18,20,25,27,33-34,36,42-43,46,56H,9,12,16,19,21-24,26,28-31H2,1-8H3,(H,55,60)/t34-,36+,42-,43-,46?/m0/s1. The summed E-state index contributed by atoms with van der Waals surface area (Å²) in [4.78, 5) is 58.8. The van der Waals surface area contributed by atoms with Crippen LogP contribution in [-0.2, 0) is 48.0 Å². The van der Waals surface area contributed by atoms with E-state index in [2.05, 4.69) is 93.4 Å². The van der Waals surface area contributed by atoms with Crippen LogP contribution in [0.25, 0.3) is 33.3 Å². The van der Waals surface area contributed by atoms with Gasteiger partial charge in [0.1, 0.15) is 12.1 Å².